The Balaban J connectivity index is 2.48. The van der Waals surface area contributed by atoms with Gasteiger partial charge in [-0.05, 0) is 25.5 Å². The van der Waals surface area contributed by atoms with E-state index in [1.807, 2.05) is 13.0 Å². The monoisotopic (exact) mass is 191 g/mol. The summed E-state index contributed by atoms with van der Waals surface area (Å²) in [4.78, 5) is 4.39. The van der Waals surface area contributed by atoms with Gasteiger partial charge in [-0.2, -0.15) is 0 Å². The maximum atomic E-state index is 8.81. The first-order valence-corrected chi connectivity index (χ1v) is 4.76. The Bertz CT molecular complexity index is 479. The van der Waals surface area contributed by atoms with Crippen molar-refractivity contribution in [2.45, 2.75) is 19.9 Å². The van der Waals surface area contributed by atoms with Gasteiger partial charge < -0.3 is 9.67 Å². The molecule has 74 valence electrons. The topological polar surface area (TPSA) is 38.0 Å². The van der Waals surface area contributed by atoms with Crippen molar-refractivity contribution in [3.63, 3.8) is 0 Å². The van der Waals surface area contributed by atoms with Gasteiger partial charge in [0.1, 0.15) is 5.82 Å². The first-order chi connectivity index (χ1) is 7.22. The lowest BCUT2D eigenvalue weighted by molar-refractivity contribution is 0.280. The Morgan fingerprint density at radius 3 is 3.21 bits per heavy atom. The first-order valence-electron chi connectivity index (χ1n) is 5.26. The van der Waals surface area contributed by atoms with E-state index in [9.17, 15) is 0 Å². The summed E-state index contributed by atoms with van der Waals surface area (Å²) in [6.45, 7) is 2.91. The third kappa shape index (κ3) is 1.51. The number of hydrogen-bond donors (Lipinski definition) is 1. The quantitative estimate of drug-likeness (QED) is 0.802. The van der Waals surface area contributed by atoms with Crippen molar-refractivity contribution in [1.29, 1.82) is 0 Å². The molecule has 0 saturated heterocycles. The molecule has 3 nitrogen and oxygen atoms in total. The van der Waals surface area contributed by atoms with Crippen LogP contribution in [0.2, 0.25) is 0 Å². The van der Waals surface area contributed by atoms with Crippen LogP contribution >= 0.6 is 0 Å². The number of hydrogen-bond acceptors (Lipinski definition) is 2. The molecular formula is C11H14N2O. The molecule has 2 aromatic rings. The maximum Gasteiger partial charge on any atom is 0.106 e. The van der Waals surface area contributed by atoms with Crippen LogP contribution < -0.4 is 0 Å². The Hall–Kier alpha value is -1.35. The molecule has 0 aliphatic rings. The summed E-state index contributed by atoms with van der Waals surface area (Å²) in [5.41, 5.74) is 1.90. The molecule has 0 fully saturated rings. The smallest absolute Gasteiger partial charge is 0.106 e. The largest absolute Gasteiger partial charge is 0.396 e. The van der Waals surface area contributed by atoms with Gasteiger partial charge in [-0.3, -0.25) is 0 Å². The fourth-order valence-corrected chi connectivity index (χ4v) is 1.65. The summed E-state index contributed by atoms with van der Waals surface area (Å²) < 4.78 is 9.58. The molecule has 0 radical (unpaired) electrons. The zero-order valence-electron chi connectivity index (χ0n) is 9.20. The number of aryl methyl sites for hydroxylation is 2. The zero-order valence-corrected chi connectivity index (χ0v) is 8.20. The lowest BCUT2D eigenvalue weighted by atomic mass is 10.3. The minimum atomic E-state index is 0.190. The molecule has 0 amide bonds. The van der Waals surface area contributed by atoms with Gasteiger partial charge in [0.05, 0.1) is 12.4 Å². The van der Waals surface area contributed by atoms with Gasteiger partial charge in [-0.15, -0.1) is 0 Å². The van der Waals surface area contributed by atoms with Crippen molar-refractivity contribution >= 4 is 11.0 Å². The molecule has 0 saturated carbocycles. The molecule has 0 atom stereocenters. The molecule has 3 heteroatoms. The zero-order chi connectivity index (χ0) is 10.8. The predicted molar refractivity (Wildman–Crippen MR) is 56.2 cm³/mol. The second kappa shape index (κ2) is 3.80. The van der Waals surface area contributed by atoms with Crippen molar-refractivity contribution in [3.8, 4) is 0 Å². The third-order valence-electron chi connectivity index (χ3n) is 2.32. The van der Waals surface area contributed by atoms with Gasteiger partial charge in [-0.1, -0.05) is 12.1 Å². The van der Waals surface area contributed by atoms with E-state index >= 15 is 0 Å². The highest BCUT2D eigenvalue weighted by Gasteiger charge is 2.04. The van der Waals surface area contributed by atoms with Crippen molar-refractivity contribution in [2.75, 3.05) is 6.61 Å². The average molecular weight is 191 g/mol. The molecule has 0 aliphatic heterocycles. The third-order valence-corrected chi connectivity index (χ3v) is 2.32. The van der Waals surface area contributed by atoms with Gasteiger partial charge in [0, 0.05) is 13.2 Å². The molecule has 1 heterocycles. The number of aromatic nitrogens is 2. The number of nitrogens with zero attached hydrogens (tertiary/aromatic N) is 2. The molecule has 1 N–H and O–H groups in total. The summed E-state index contributed by atoms with van der Waals surface area (Å²) in [6, 6.07) is 5.92. The van der Waals surface area contributed by atoms with Crippen LogP contribution in [0.25, 0.3) is 11.0 Å². The fraction of sp³-hybridized carbons (Fsp3) is 0.364. The second-order valence-electron chi connectivity index (χ2n) is 3.30. The van der Waals surface area contributed by atoms with Crippen LogP contribution in [-0.4, -0.2) is 21.3 Å². The number of benzene rings is 1. The van der Waals surface area contributed by atoms with Crippen LogP contribution in [0, 0.1) is 6.92 Å². The van der Waals surface area contributed by atoms with E-state index in [2.05, 4.69) is 9.55 Å². The SMILES string of the molecule is [2H]c1ccc2c(c1)nc(C)n2CCCO. The van der Waals surface area contributed by atoms with Gasteiger partial charge >= 0.3 is 0 Å². The van der Waals surface area contributed by atoms with E-state index < -0.39 is 0 Å². The fourth-order valence-electron chi connectivity index (χ4n) is 1.65. The van der Waals surface area contributed by atoms with Gasteiger partial charge in [0.2, 0.25) is 0 Å². The van der Waals surface area contributed by atoms with Crippen molar-refractivity contribution in [2.24, 2.45) is 0 Å². The minimum absolute atomic E-state index is 0.190. The molecule has 1 aromatic heterocycles. The van der Waals surface area contributed by atoms with E-state index in [0.717, 1.165) is 29.8 Å². The van der Waals surface area contributed by atoms with E-state index in [1.54, 1.807) is 12.1 Å². The highest BCUT2D eigenvalue weighted by atomic mass is 16.3. The van der Waals surface area contributed by atoms with Crippen LogP contribution in [0.5, 0.6) is 0 Å². The summed E-state index contributed by atoms with van der Waals surface area (Å²) >= 11 is 0. The Morgan fingerprint density at radius 1 is 1.57 bits per heavy atom. The van der Waals surface area contributed by atoms with Crippen LogP contribution in [0.3, 0.4) is 0 Å². The highest BCUT2D eigenvalue weighted by molar-refractivity contribution is 5.75. The molecule has 14 heavy (non-hydrogen) atoms. The van der Waals surface area contributed by atoms with E-state index in [1.165, 1.54) is 0 Å². The standard InChI is InChI=1S/C11H14N2O/c1-9-12-10-5-2-3-6-11(10)13(9)7-4-8-14/h2-3,5-6,14H,4,7-8H2,1H3/i2D. The highest BCUT2D eigenvalue weighted by Crippen LogP contribution is 2.15. The first kappa shape index (κ1) is 8.00. The van der Waals surface area contributed by atoms with Crippen LogP contribution in [0.1, 0.15) is 13.6 Å². The normalized spacial score (nSPS) is 12.0. The van der Waals surface area contributed by atoms with E-state index in [4.69, 9.17) is 6.48 Å². The number of para-hydroxylation sites is 2. The molecule has 0 bridgehead atoms. The summed E-state index contributed by atoms with van der Waals surface area (Å²) in [6.07, 6.45) is 0.731. The second-order valence-corrected chi connectivity index (χ2v) is 3.30. The molecule has 0 spiro atoms. The number of aliphatic hydroxyl groups is 1. The van der Waals surface area contributed by atoms with Crippen LogP contribution in [-0.2, 0) is 6.54 Å². The average Bonchev–Trinajstić information content (AvgIpc) is 2.50. The van der Waals surface area contributed by atoms with Gasteiger partial charge in [0.15, 0.2) is 0 Å². The molecule has 0 unspecified atom stereocenters. The number of imidazole rings is 1. The van der Waals surface area contributed by atoms with Gasteiger partial charge in [0.25, 0.3) is 0 Å². The summed E-state index contributed by atoms with van der Waals surface area (Å²) in [5.74, 6) is 0.934. The van der Waals surface area contributed by atoms with E-state index in [-0.39, 0.29) is 6.61 Å². The number of aliphatic hydroxyl groups excluding tert-OH is 1. The lowest BCUT2D eigenvalue weighted by Crippen LogP contribution is -2.01. The molecule has 0 aliphatic carbocycles. The molecule has 1 aromatic carbocycles. The Kier molecular flexibility index (Phi) is 2.17. The van der Waals surface area contributed by atoms with E-state index in [0.29, 0.717) is 6.04 Å². The summed E-state index contributed by atoms with van der Waals surface area (Å²) in [7, 11) is 0. The van der Waals surface area contributed by atoms with Crippen molar-refractivity contribution < 1.29 is 6.48 Å². The summed E-state index contributed by atoms with van der Waals surface area (Å²) in [5, 5.41) is 8.81. The lowest BCUT2D eigenvalue weighted by Gasteiger charge is -2.04. The Morgan fingerprint density at radius 2 is 2.43 bits per heavy atom. The van der Waals surface area contributed by atoms with Crippen molar-refractivity contribution in [3.05, 3.63) is 30.1 Å². The number of rotatable bonds is 3. The van der Waals surface area contributed by atoms with Crippen molar-refractivity contribution in [1.82, 2.24) is 9.55 Å². The number of fused-ring (bicyclic) bond motifs is 1. The van der Waals surface area contributed by atoms with Gasteiger partial charge in [-0.25, -0.2) is 4.98 Å². The minimum Gasteiger partial charge on any atom is -0.396 e. The molecule has 2 rings (SSSR count). The van der Waals surface area contributed by atoms with Crippen LogP contribution in [0.4, 0.5) is 0 Å². The molecular weight excluding hydrogens is 176 g/mol. The van der Waals surface area contributed by atoms with Crippen LogP contribution in [0.15, 0.2) is 24.2 Å². The maximum absolute atomic E-state index is 8.81. The Labute approximate surface area is 84.4 Å². The predicted octanol–water partition coefficient (Wildman–Crippen LogP) is 1.73.